The molecular weight excluding hydrogens is 366 g/mol. The van der Waals surface area contributed by atoms with Gasteiger partial charge in [-0.1, -0.05) is 54.8 Å². The van der Waals surface area contributed by atoms with Gasteiger partial charge in [0.15, 0.2) is 0 Å². The zero-order valence-electron chi connectivity index (χ0n) is 16.1. The number of rotatable bonds is 4. The van der Waals surface area contributed by atoms with Crippen LogP contribution in [0.3, 0.4) is 0 Å². The Labute approximate surface area is 170 Å². The Kier molecular flexibility index (Phi) is 5.91. The maximum Gasteiger partial charge on any atom is 0.230 e. The fourth-order valence-corrected chi connectivity index (χ4v) is 4.42. The van der Waals surface area contributed by atoms with Gasteiger partial charge in [-0.2, -0.15) is 0 Å². The van der Waals surface area contributed by atoms with Crippen LogP contribution < -0.4 is 5.32 Å². The third-order valence-electron chi connectivity index (χ3n) is 5.18. The standard InChI is InChI=1S/C23H25N3OS/c1-16-10-12-17(13-11-16)21-14-23(26-20-9-5-4-8-19(20)25-21)28-15-22(27)24-18-6-2-3-7-18/h4-5,8-13,18H,2-3,6-7,14-15H2,1H3,(H,24,27). The van der Waals surface area contributed by atoms with E-state index in [9.17, 15) is 4.79 Å². The van der Waals surface area contributed by atoms with Gasteiger partial charge in [-0.3, -0.25) is 9.79 Å². The van der Waals surface area contributed by atoms with Gasteiger partial charge in [0.2, 0.25) is 5.91 Å². The quantitative estimate of drug-likeness (QED) is 0.765. The maximum absolute atomic E-state index is 12.3. The van der Waals surface area contributed by atoms with Crippen molar-refractivity contribution in [2.24, 2.45) is 9.98 Å². The number of para-hydroxylation sites is 2. The van der Waals surface area contributed by atoms with Gasteiger partial charge in [0.1, 0.15) is 0 Å². The van der Waals surface area contributed by atoms with Gasteiger partial charge in [0, 0.05) is 12.5 Å². The van der Waals surface area contributed by atoms with E-state index in [1.165, 1.54) is 30.2 Å². The normalized spacial score (nSPS) is 16.8. The number of aliphatic imine (C=N–C) groups is 2. The van der Waals surface area contributed by atoms with E-state index in [1.807, 2.05) is 24.3 Å². The summed E-state index contributed by atoms with van der Waals surface area (Å²) in [5.41, 5.74) is 5.07. The first kappa shape index (κ1) is 18.9. The van der Waals surface area contributed by atoms with Crippen LogP contribution in [0.1, 0.15) is 43.2 Å². The highest BCUT2D eigenvalue weighted by Gasteiger charge is 2.19. The van der Waals surface area contributed by atoms with Crippen LogP contribution in [-0.2, 0) is 4.79 Å². The van der Waals surface area contributed by atoms with Crippen molar-refractivity contribution in [3.05, 3.63) is 59.7 Å². The molecule has 144 valence electrons. The van der Waals surface area contributed by atoms with Gasteiger partial charge in [-0.25, -0.2) is 4.99 Å². The lowest BCUT2D eigenvalue weighted by Gasteiger charge is -2.12. The Hall–Kier alpha value is -2.40. The minimum atomic E-state index is 0.103. The summed E-state index contributed by atoms with van der Waals surface area (Å²) >= 11 is 1.52. The number of amides is 1. The third-order valence-corrected chi connectivity index (χ3v) is 6.15. The summed E-state index contributed by atoms with van der Waals surface area (Å²) in [5, 5.41) is 4.09. The summed E-state index contributed by atoms with van der Waals surface area (Å²) in [4.78, 5) is 22.1. The summed E-state index contributed by atoms with van der Waals surface area (Å²) in [6.07, 6.45) is 5.29. The number of nitrogens with one attached hydrogen (secondary N) is 1. The van der Waals surface area contributed by atoms with E-state index in [0.717, 1.165) is 40.5 Å². The van der Waals surface area contributed by atoms with Crippen molar-refractivity contribution in [3.63, 3.8) is 0 Å². The Morgan fingerprint density at radius 3 is 2.43 bits per heavy atom. The molecule has 0 unspecified atom stereocenters. The molecular formula is C23H25N3OS. The molecule has 0 saturated heterocycles. The lowest BCUT2D eigenvalue weighted by Crippen LogP contribution is -2.34. The highest BCUT2D eigenvalue weighted by Crippen LogP contribution is 2.33. The first-order valence-corrected chi connectivity index (χ1v) is 10.9. The molecule has 2 aromatic rings. The number of nitrogens with zero attached hydrogens (tertiary/aromatic N) is 2. The zero-order chi connectivity index (χ0) is 19.3. The molecule has 2 aromatic carbocycles. The number of carbonyl (C=O) groups excluding carboxylic acids is 1. The second kappa shape index (κ2) is 8.74. The second-order valence-corrected chi connectivity index (χ2v) is 8.48. The molecule has 1 amide bonds. The van der Waals surface area contributed by atoms with Crippen LogP contribution in [0.4, 0.5) is 11.4 Å². The summed E-state index contributed by atoms with van der Waals surface area (Å²) < 4.78 is 0. The van der Waals surface area contributed by atoms with Crippen molar-refractivity contribution >= 4 is 39.8 Å². The molecule has 1 aliphatic heterocycles. The van der Waals surface area contributed by atoms with Gasteiger partial charge < -0.3 is 5.32 Å². The number of hydrogen-bond acceptors (Lipinski definition) is 4. The predicted molar refractivity (Wildman–Crippen MR) is 118 cm³/mol. The van der Waals surface area contributed by atoms with Gasteiger partial charge >= 0.3 is 0 Å². The Balaban J connectivity index is 1.52. The topological polar surface area (TPSA) is 53.8 Å². The van der Waals surface area contributed by atoms with E-state index in [2.05, 4.69) is 36.5 Å². The van der Waals surface area contributed by atoms with Crippen molar-refractivity contribution in [2.75, 3.05) is 5.75 Å². The summed E-state index contributed by atoms with van der Waals surface area (Å²) in [6, 6.07) is 16.7. The third kappa shape index (κ3) is 4.71. The van der Waals surface area contributed by atoms with Crippen LogP contribution in [0.15, 0.2) is 58.5 Å². The average Bonchev–Trinajstić information content (AvgIpc) is 3.12. The van der Waals surface area contributed by atoms with Crippen LogP contribution in [0.2, 0.25) is 0 Å². The number of hydrogen-bond donors (Lipinski definition) is 1. The second-order valence-electron chi connectivity index (χ2n) is 7.43. The molecule has 0 radical (unpaired) electrons. The predicted octanol–water partition coefficient (Wildman–Crippen LogP) is 5.34. The number of thioether (sulfide) groups is 1. The Morgan fingerprint density at radius 1 is 1.04 bits per heavy atom. The van der Waals surface area contributed by atoms with E-state index in [-0.39, 0.29) is 5.91 Å². The molecule has 1 N–H and O–H groups in total. The molecule has 28 heavy (non-hydrogen) atoms. The lowest BCUT2D eigenvalue weighted by molar-refractivity contribution is -0.119. The van der Waals surface area contributed by atoms with Crippen LogP contribution in [0, 0.1) is 6.92 Å². The Morgan fingerprint density at radius 2 is 1.71 bits per heavy atom. The highest BCUT2D eigenvalue weighted by atomic mass is 32.2. The van der Waals surface area contributed by atoms with Crippen LogP contribution >= 0.6 is 11.8 Å². The van der Waals surface area contributed by atoms with Crippen molar-refractivity contribution < 1.29 is 4.79 Å². The molecule has 4 rings (SSSR count). The number of carbonyl (C=O) groups is 1. The van der Waals surface area contributed by atoms with E-state index >= 15 is 0 Å². The van der Waals surface area contributed by atoms with E-state index < -0.39 is 0 Å². The van der Waals surface area contributed by atoms with Crippen molar-refractivity contribution in [2.45, 2.75) is 45.1 Å². The molecule has 1 aliphatic carbocycles. The summed E-state index contributed by atoms with van der Waals surface area (Å²) in [5.74, 6) is 0.504. The van der Waals surface area contributed by atoms with Gasteiger partial charge in [-0.15, -0.1) is 11.8 Å². The fourth-order valence-electron chi connectivity index (χ4n) is 3.64. The Bertz CT molecular complexity index is 912. The molecule has 1 saturated carbocycles. The fraction of sp³-hybridized carbons (Fsp3) is 0.348. The molecule has 2 aliphatic rings. The SMILES string of the molecule is Cc1ccc(C2=Nc3ccccc3N=C(SCC(=O)NC3CCCC3)C2)cc1. The summed E-state index contributed by atoms with van der Waals surface area (Å²) in [7, 11) is 0. The van der Waals surface area contributed by atoms with Gasteiger partial charge in [-0.05, 0) is 37.5 Å². The smallest absolute Gasteiger partial charge is 0.230 e. The molecule has 0 atom stereocenters. The van der Waals surface area contributed by atoms with E-state index in [0.29, 0.717) is 18.2 Å². The van der Waals surface area contributed by atoms with Gasteiger partial charge in [0.05, 0.1) is 27.9 Å². The first-order chi connectivity index (χ1) is 13.7. The number of fused-ring (bicyclic) bond motifs is 1. The van der Waals surface area contributed by atoms with E-state index in [4.69, 9.17) is 9.98 Å². The maximum atomic E-state index is 12.3. The number of benzene rings is 2. The minimum absolute atomic E-state index is 0.103. The molecule has 4 nitrogen and oxygen atoms in total. The van der Waals surface area contributed by atoms with Crippen LogP contribution in [0.25, 0.3) is 0 Å². The average molecular weight is 392 g/mol. The first-order valence-electron chi connectivity index (χ1n) is 9.91. The lowest BCUT2D eigenvalue weighted by atomic mass is 10.1. The van der Waals surface area contributed by atoms with Crippen LogP contribution in [-0.4, -0.2) is 28.5 Å². The highest BCUT2D eigenvalue weighted by molar-refractivity contribution is 8.14. The van der Waals surface area contributed by atoms with Gasteiger partial charge in [0.25, 0.3) is 0 Å². The molecule has 1 heterocycles. The molecule has 0 spiro atoms. The van der Waals surface area contributed by atoms with Crippen LogP contribution in [0.5, 0.6) is 0 Å². The monoisotopic (exact) mass is 391 g/mol. The van der Waals surface area contributed by atoms with Crippen molar-refractivity contribution in [1.29, 1.82) is 0 Å². The molecule has 5 heteroatoms. The van der Waals surface area contributed by atoms with Crippen molar-refractivity contribution in [1.82, 2.24) is 5.32 Å². The van der Waals surface area contributed by atoms with E-state index in [1.54, 1.807) is 0 Å². The summed E-state index contributed by atoms with van der Waals surface area (Å²) in [6.45, 7) is 2.08. The largest absolute Gasteiger partial charge is 0.353 e. The molecule has 0 aromatic heterocycles. The molecule has 1 fully saturated rings. The molecule has 0 bridgehead atoms. The number of aryl methyl sites for hydroxylation is 1. The zero-order valence-corrected chi connectivity index (χ0v) is 17.0. The van der Waals surface area contributed by atoms with Crippen molar-refractivity contribution in [3.8, 4) is 0 Å². The minimum Gasteiger partial charge on any atom is -0.353 e.